The number of hydrogen-bond donors (Lipinski definition) is 3. The summed E-state index contributed by atoms with van der Waals surface area (Å²) in [5, 5.41) is 16.5. The molecule has 1 aromatic carbocycles. The molecule has 0 bridgehead atoms. The molecule has 9 heteroatoms. The zero-order valence-corrected chi connectivity index (χ0v) is 17.8. The number of hydrogen-bond acceptors (Lipinski definition) is 9. The molecule has 160 valence electrons. The Kier molecular flexibility index (Phi) is 8.94. The van der Waals surface area contributed by atoms with E-state index in [0.29, 0.717) is 31.3 Å². The van der Waals surface area contributed by atoms with Crippen molar-refractivity contribution in [2.45, 2.75) is 31.9 Å². The fourth-order valence-electron chi connectivity index (χ4n) is 3.27. The van der Waals surface area contributed by atoms with Crippen molar-refractivity contribution in [1.29, 1.82) is 0 Å². The monoisotopic (exact) mass is 421 g/mol. The molecule has 2 aromatic rings. The molecule has 0 radical (unpaired) electrons. The van der Waals surface area contributed by atoms with Crippen LogP contribution in [0, 0.1) is 0 Å². The first-order valence-electron chi connectivity index (χ1n) is 10.2. The average Bonchev–Trinajstić information content (AvgIpc) is 3.19. The predicted molar refractivity (Wildman–Crippen MR) is 116 cm³/mol. The summed E-state index contributed by atoms with van der Waals surface area (Å²) < 4.78 is 19.2. The number of nitrogens with one attached hydrogen (secondary N) is 2. The van der Waals surface area contributed by atoms with Crippen molar-refractivity contribution in [2.24, 2.45) is 0 Å². The summed E-state index contributed by atoms with van der Waals surface area (Å²) in [4.78, 5) is 2.49. The molecule has 1 unspecified atom stereocenters. The van der Waals surface area contributed by atoms with Crippen molar-refractivity contribution in [3.05, 3.63) is 29.8 Å². The van der Waals surface area contributed by atoms with Crippen LogP contribution in [0.2, 0.25) is 0 Å². The smallest absolute Gasteiger partial charge is 0.184 e. The highest BCUT2D eigenvalue weighted by Crippen LogP contribution is 2.19. The molecule has 3 rings (SSSR count). The Morgan fingerprint density at radius 2 is 1.97 bits per heavy atom. The van der Waals surface area contributed by atoms with E-state index in [4.69, 9.17) is 9.47 Å². The van der Waals surface area contributed by atoms with Crippen molar-refractivity contribution in [3.63, 3.8) is 0 Å². The number of aliphatic hydroxyl groups is 1. The lowest BCUT2D eigenvalue weighted by Gasteiger charge is -2.26. The van der Waals surface area contributed by atoms with Crippen LogP contribution in [0.1, 0.15) is 24.8 Å². The van der Waals surface area contributed by atoms with Gasteiger partial charge in [0.15, 0.2) is 11.6 Å². The summed E-state index contributed by atoms with van der Waals surface area (Å²) in [7, 11) is 1.65. The Morgan fingerprint density at radius 1 is 1.17 bits per heavy atom. The highest BCUT2D eigenvalue weighted by Gasteiger charge is 2.12. The quantitative estimate of drug-likeness (QED) is 0.450. The second-order valence-corrected chi connectivity index (χ2v) is 7.74. The van der Waals surface area contributed by atoms with E-state index in [1.165, 1.54) is 37.9 Å². The third-order valence-corrected chi connectivity index (χ3v) is 5.32. The minimum atomic E-state index is -0.658. The number of nitrogens with zero attached hydrogens (tertiary/aromatic N) is 3. The summed E-state index contributed by atoms with van der Waals surface area (Å²) in [6, 6.07) is 8.14. The van der Waals surface area contributed by atoms with Gasteiger partial charge in [-0.25, -0.2) is 0 Å². The average molecular weight is 422 g/mol. The lowest BCUT2D eigenvalue weighted by molar-refractivity contribution is 0.117. The fraction of sp³-hybridized carbons (Fsp3) is 0.600. The number of aromatic nitrogens is 2. The van der Waals surface area contributed by atoms with Gasteiger partial charge in [0, 0.05) is 26.7 Å². The Labute approximate surface area is 176 Å². The van der Waals surface area contributed by atoms with Crippen LogP contribution in [-0.2, 0) is 11.3 Å². The second-order valence-electron chi connectivity index (χ2n) is 7.21. The van der Waals surface area contributed by atoms with Gasteiger partial charge in [0.1, 0.15) is 18.5 Å². The van der Waals surface area contributed by atoms with Gasteiger partial charge in [-0.1, -0.05) is 18.6 Å². The lowest BCUT2D eigenvalue weighted by atomic mass is 10.1. The maximum atomic E-state index is 10.3. The SMILES string of the molecule is COCCNc1nsnc1NCC(O)COc1cccc(CN2CCCCC2)c1. The highest BCUT2D eigenvalue weighted by molar-refractivity contribution is 6.99. The first-order valence-corrected chi connectivity index (χ1v) is 10.9. The number of methoxy groups -OCH3 is 1. The van der Waals surface area contributed by atoms with Gasteiger partial charge in [0.2, 0.25) is 0 Å². The van der Waals surface area contributed by atoms with Gasteiger partial charge >= 0.3 is 0 Å². The Bertz CT molecular complexity index is 724. The molecule has 1 atom stereocenters. The molecule has 0 aliphatic carbocycles. The zero-order valence-electron chi connectivity index (χ0n) is 17.0. The topological polar surface area (TPSA) is 91.8 Å². The van der Waals surface area contributed by atoms with Gasteiger partial charge < -0.3 is 25.2 Å². The minimum Gasteiger partial charge on any atom is -0.491 e. The van der Waals surface area contributed by atoms with Crippen LogP contribution >= 0.6 is 11.7 Å². The Balaban J connectivity index is 1.41. The number of aliphatic hydroxyl groups excluding tert-OH is 1. The summed E-state index contributed by atoms with van der Waals surface area (Å²) in [6.45, 7) is 5.08. The molecule has 3 N–H and O–H groups in total. The normalized spacial score (nSPS) is 15.8. The van der Waals surface area contributed by atoms with Crippen molar-refractivity contribution in [3.8, 4) is 5.75 Å². The molecule has 0 spiro atoms. The third kappa shape index (κ3) is 7.43. The number of benzene rings is 1. The first-order chi connectivity index (χ1) is 14.2. The van der Waals surface area contributed by atoms with E-state index >= 15 is 0 Å². The largest absolute Gasteiger partial charge is 0.491 e. The van der Waals surface area contributed by atoms with Gasteiger partial charge in [-0.3, -0.25) is 4.90 Å². The van der Waals surface area contributed by atoms with E-state index < -0.39 is 6.10 Å². The maximum Gasteiger partial charge on any atom is 0.184 e. The molecular formula is C20H31N5O3S. The van der Waals surface area contributed by atoms with Gasteiger partial charge in [-0.15, -0.1) is 0 Å². The van der Waals surface area contributed by atoms with Crippen molar-refractivity contribution in [2.75, 3.05) is 57.1 Å². The van der Waals surface area contributed by atoms with E-state index in [1.54, 1.807) is 7.11 Å². The molecule has 2 heterocycles. The lowest BCUT2D eigenvalue weighted by Crippen LogP contribution is -2.29. The van der Waals surface area contributed by atoms with E-state index in [0.717, 1.165) is 24.0 Å². The van der Waals surface area contributed by atoms with Crippen molar-refractivity contribution >= 4 is 23.4 Å². The van der Waals surface area contributed by atoms with Crippen molar-refractivity contribution < 1.29 is 14.6 Å². The van der Waals surface area contributed by atoms with Crippen LogP contribution in [0.25, 0.3) is 0 Å². The second kappa shape index (κ2) is 11.9. The van der Waals surface area contributed by atoms with Crippen LogP contribution in [0.4, 0.5) is 11.6 Å². The van der Waals surface area contributed by atoms with E-state index in [1.807, 2.05) is 12.1 Å². The Hall–Kier alpha value is -1.94. The van der Waals surface area contributed by atoms with Gasteiger partial charge in [0.05, 0.1) is 18.3 Å². The Morgan fingerprint density at radius 3 is 2.76 bits per heavy atom. The molecule has 8 nitrogen and oxygen atoms in total. The van der Waals surface area contributed by atoms with Crippen LogP contribution in [0.3, 0.4) is 0 Å². The van der Waals surface area contributed by atoms with Gasteiger partial charge in [0.25, 0.3) is 0 Å². The molecule has 1 saturated heterocycles. The molecule has 29 heavy (non-hydrogen) atoms. The van der Waals surface area contributed by atoms with Crippen LogP contribution < -0.4 is 15.4 Å². The number of ether oxygens (including phenoxy) is 2. The summed E-state index contributed by atoms with van der Waals surface area (Å²) in [6.07, 6.45) is 3.25. The molecule has 0 saturated carbocycles. The summed E-state index contributed by atoms with van der Waals surface area (Å²) in [5.41, 5.74) is 1.25. The number of anilines is 2. The molecule has 1 aliphatic rings. The zero-order chi connectivity index (χ0) is 20.3. The van der Waals surface area contributed by atoms with Crippen LogP contribution in [0.5, 0.6) is 5.75 Å². The molecule has 1 fully saturated rings. The van der Waals surface area contributed by atoms with Crippen LogP contribution in [0.15, 0.2) is 24.3 Å². The van der Waals surface area contributed by atoms with Gasteiger partial charge in [-0.2, -0.15) is 8.75 Å². The molecule has 1 aliphatic heterocycles. The fourth-order valence-corrected chi connectivity index (χ4v) is 3.77. The molecule has 1 aromatic heterocycles. The summed E-state index contributed by atoms with van der Waals surface area (Å²) in [5.74, 6) is 2.09. The summed E-state index contributed by atoms with van der Waals surface area (Å²) >= 11 is 1.12. The number of rotatable bonds is 12. The molecular weight excluding hydrogens is 390 g/mol. The standard InChI is InChI=1S/C20H31N5O3S/c1-27-11-8-21-19-20(24-29-23-19)22-13-17(26)15-28-18-7-5-6-16(12-18)14-25-9-3-2-4-10-25/h5-7,12,17,26H,2-4,8-11,13-15H2,1H3,(H,21,23)(H,22,24). The van der Waals surface area contributed by atoms with E-state index in [-0.39, 0.29) is 6.61 Å². The predicted octanol–water partition coefficient (Wildman–Crippen LogP) is 2.43. The number of piperidine rings is 1. The molecule has 0 amide bonds. The van der Waals surface area contributed by atoms with Crippen LogP contribution in [-0.4, -0.2) is 71.4 Å². The van der Waals surface area contributed by atoms with Gasteiger partial charge in [-0.05, 0) is 43.6 Å². The van der Waals surface area contributed by atoms with E-state index in [9.17, 15) is 5.11 Å². The van der Waals surface area contributed by atoms with E-state index in [2.05, 4.69) is 36.4 Å². The maximum absolute atomic E-state index is 10.3. The first kappa shape index (κ1) is 21.8. The third-order valence-electron chi connectivity index (χ3n) is 4.79. The van der Waals surface area contributed by atoms with Crippen molar-refractivity contribution in [1.82, 2.24) is 13.6 Å². The minimum absolute atomic E-state index is 0.212. The highest BCUT2D eigenvalue weighted by atomic mass is 32.1. The number of likely N-dealkylation sites (tertiary alicyclic amines) is 1.